The molecular formula is C18H15N3O2S2. The molecule has 0 aromatic heterocycles. The highest BCUT2D eigenvalue weighted by Gasteiger charge is 2.38. The van der Waals surface area contributed by atoms with Gasteiger partial charge in [-0.15, -0.1) is 12.6 Å². The summed E-state index contributed by atoms with van der Waals surface area (Å²) in [6.45, 7) is 1.95. The molecule has 1 saturated heterocycles. The van der Waals surface area contributed by atoms with Gasteiger partial charge in [0.1, 0.15) is 0 Å². The number of anilines is 1. The molecule has 0 aliphatic carbocycles. The van der Waals surface area contributed by atoms with Gasteiger partial charge in [-0.1, -0.05) is 29.8 Å². The summed E-state index contributed by atoms with van der Waals surface area (Å²) in [5, 5.41) is 2.63. The number of aliphatic imine (C=N–C) groups is 1. The number of thiocarbonyl (C=S) groups is 1. The third-order valence-corrected chi connectivity index (χ3v) is 4.40. The lowest BCUT2D eigenvalue weighted by atomic mass is 10.1. The minimum absolute atomic E-state index is 0.0677. The van der Waals surface area contributed by atoms with Crippen molar-refractivity contribution in [3.63, 3.8) is 0 Å². The van der Waals surface area contributed by atoms with Crippen LogP contribution in [0.4, 0.5) is 11.4 Å². The normalized spacial score (nSPS) is 17.9. The number of thiol groups is 1. The number of nitrogens with zero attached hydrogens (tertiary/aromatic N) is 2. The minimum Gasteiger partial charge on any atom is -0.301 e. The van der Waals surface area contributed by atoms with E-state index in [9.17, 15) is 9.59 Å². The van der Waals surface area contributed by atoms with Crippen LogP contribution in [-0.4, -0.2) is 23.1 Å². The first-order chi connectivity index (χ1) is 12.0. The SMILES string of the molecule is Cc1ccc(N2C(=O)[C@H](C=Nc3ccccc3S)C(=O)NC2=S)cc1. The average molecular weight is 369 g/mol. The summed E-state index contributed by atoms with van der Waals surface area (Å²) in [5.41, 5.74) is 2.25. The molecule has 1 fully saturated rings. The number of nitrogens with one attached hydrogen (secondary N) is 1. The average Bonchev–Trinajstić information content (AvgIpc) is 2.57. The second-order valence-corrected chi connectivity index (χ2v) is 6.42. The second kappa shape index (κ2) is 7.16. The van der Waals surface area contributed by atoms with E-state index in [0.717, 1.165) is 5.56 Å². The van der Waals surface area contributed by atoms with Crippen LogP contribution in [0.1, 0.15) is 5.56 Å². The Morgan fingerprint density at radius 2 is 1.84 bits per heavy atom. The number of benzene rings is 2. The molecule has 2 aromatic rings. The first kappa shape index (κ1) is 17.3. The van der Waals surface area contributed by atoms with Crippen LogP contribution in [0, 0.1) is 12.8 Å². The first-order valence-corrected chi connectivity index (χ1v) is 8.40. The van der Waals surface area contributed by atoms with Crippen molar-refractivity contribution >= 4 is 59.4 Å². The van der Waals surface area contributed by atoms with Gasteiger partial charge in [-0.05, 0) is 43.4 Å². The molecule has 5 nitrogen and oxygen atoms in total. The summed E-state index contributed by atoms with van der Waals surface area (Å²) in [7, 11) is 0. The van der Waals surface area contributed by atoms with Gasteiger partial charge in [-0.2, -0.15) is 0 Å². The van der Waals surface area contributed by atoms with Crippen molar-refractivity contribution in [1.29, 1.82) is 0 Å². The molecule has 2 amide bonds. The largest absolute Gasteiger partial charge is 0.301 e. The topological polar surface area (TPSA) is 61.8 Å². The number of rotatable bonds is 3. The van der Waals surface area contributed by atoms with Crippen molar-refractivity contribution in [1.82, 2.24) is 5.32 Å². The van der Waals surface area contributed by atoms with Crippen molar-refractivity contribution in [3.8, 4) is 0 Å². The summed E-state index contributed by atoms with van der Waals surface area (Å²) in [4.78, 5) is 31.2. The van der Waals surface area contributed by atoms with E-state index in [1.165, 1.54) is 11.1 Å². The third-order valence-electron chi connectivity index (χ3n) is 3.74. The van der Waals surface area contributed by atoms with Crippen molar-refractivity contribution in [2.24, 2.45) is 10.9 Å². The van der Waals surface area contributed by atoms with Gasteiger partial charge < -0.3 is 5.32 Å². The van der Waals surface area contributed by atoms with E-state index in [4.69, 9.17) is 12.2 Å². The van der Waals surface area contributed by atoms with Gasteiger partial charge in [-0.25, -0.2) is 0 Å². The summed E-state index contributed by atoms with van der Waals surface area (Å²) >= 11 is 9.47. The van der Waals surface area contributed by atoms with Crippen LogP contribution in [0.3, 0.4) is 0 Å². The van der Waals surface area contributed by atoms with Gasteiger partial charge in [-0.3, -0.25) is 19.5 Å². The predicted octanol–water partition coefficient (Wildman–Crippen LogP) is 3.05. The van der Waals surface area contributed by atoms with Gasteiger partial charge >= 0.3 is 0 Å². The lowest BCUT2D eigenvalue weighted by Gasteiger charge is -2.31. The lowest BCUT2D eigenvalue weighted by molar-refractivity contribution is -0.130. The smallest absolute Gasteiger partial charge is 0.251 e. The van der Waals surface area contributed by atoms with Crippen LogP contribution >= 0.6 is 24.8 Å². The van der Waals surface area contributed by atoms with E-state index < -0.39 is 17.7 Å². The standard InChI is InChI=1S/C18H15N3O2S2/c1-11-6-8-12(9-7-11)21-17(23)13(16(22)20-18(21)25)10-19-14-4-2-3-5-15(14)24/h2-10,13,24H,1H3,(H,20,22,25)/t13-/m1/s1. The van der Waals surface area contributed by atoms with Crippen LogP contribution in [0.25, 0.3) is 0 Å². The van der Waals surface area contributed by atoms with Crippen LogP contribution in [0.2, 0.25) is 0 Å². The van der Waals surface area contributed by atoms with Crippen LogP contribution in [0.5, 0.6) is 0 Å². The number of hydrogen-bond donors (Lipinski definition) is 2. The molecule has 0 spiro atoms. The maximum absolute atomic E-state index is 12.8. The molecule has 3 rings (SSSR count). The highest BCUT2D eigenvalue weighted by molar-refractivity contribution is 7.80. The molecule has 25 heavy (non-hydrogen) atoms. The molecule has 126 valence electrons. The molecule has 1 aliphatic heterocycles. The maximum Gasteiger partial charge on any atom is 0.251 e. The summed E-state index contributed by atoms with van der Waals surface area (Å²) in [5.74, 6) is -1.97. The van der Waals surface area contributed by atoms with E-state index in [-0.39, 0.29) is 5.11 Å². The summed E-state index contributed by atoms with van der Waals surface area (Å²) in [6.07, 6.45) is 1.33. The molecule has 1 atom stereocenters. The van der Waals surface area contributed by atoms with E-state index in [1.54, 1.807) is 24.3 Å². The Kier molecular flexibility index (Phi) is 4.96. The Balaban J connectivity index is 1.90. The van der Waals surface area contributed by atoms with Crippen molar-refractivity contribution < 1.29 is 9.59 Å². The molecule has 0 bridgehead atoms. The predicted molar refractivity (Wildman–Crippen MR) is 105 cm³/mol. The zero-order valence-electron chi connectivity index (χ0n) is 13.3. The summed E-state index contributed by atoms with van der Waals surface area (Å²) in [6, 6.07) is 14.5. The number of para-hydroxylation sites is 1. The number of amides is 2. The van der Waals surface area contributed by atoms with Crippen LogP contribution < -0.4 is 10.2 Å². The molecular weight excluding hydrogens is 354 g/mol. The van der Waals surface area contributed by atoms with Gasteiger partial charge in [0, 0.05) is 11.1 Å². The van der Waals surface area contributed by atoms with Gasteiger partial charge in [0.25, 0.3) is 5.91 Å². The Morgan fingerprint density at radius 3 is 2.52 bits per heavy atom. The lowest BCUT2D eigenvalue weighted by Crippen LogP contribution is -2.58. The molecule has 7 heteroatoms. The molecule has 1 heterocycles. The quantitative estimate of drug-likeness (QED) is 0.378. The van der Waals surface area contributed by atoms with E-state index in [2.05, 4.69) is 22.9 Å². The van der Waals surface area contributed by atoms with Crippen molar-refractivity contribution in [3.05, 3.63) is 54.1 Å². The molecule has 1 aliphatic rings. The van der Waals surface area contributed by atoms with Gasteiger partial charge in [0.2, 0.25) is 5.91 Å². The van der Waals surface area contributed by atoms with Crippen LogP contribution in [-0.2, 0) is 9.59 Å². The number of aryl methyl sites for hydroxylation is 1. The fraction of sp³-hybridized carbons (Fsp3) is 0.111. The number of carbonyl (C=O) groups excluding carboxylic acids is 2. The Morgan fingerprint density at radius 1 is 1.16 bits per heavy atom. The van der Waals surface area contributed by atoms with Crippen molar-refractivity contribution in [2.75, 3.05) is 4.90 Å². The number of carbonyl (C=O) groups is 2. The molecule has 0 unspecified atom stereocenters. The fourth-order valence-corrected chi connectivity index (χ4v) is 2.90. The summed E-state index contributed by atoms with van der Waals surface area (Å²) < 4.78 is 0. The van der Waals surface area contributed by atoms with Gasteiger partial charge in [0.15, 0.2) is 11.0 Å². The van der Waals surface area contributed by atoms with E-state index in [1.807, 2.05) is 31.2 Å². The van der Waals surface area contributed by atoms with E-state index in [0.29, 0.717) is 16.3 Å². The zero-order chi connectivity index (χ0) is 18.0. The van der Waals surface area contributed by atoms with E-state index >= 15 is 0 Å². The molecule has 0 saturated carbocycles. The monoisotopic (exact) mass is 369 g/mol. The number of hydrogen-bond acceptors (Lipinski definition) is 5. The van der Waals surface area contributed by atoms with Crippen LogP contribution in [0.15, 0.2) is 58.4 Å². The molecule has 0 radical (unpaired) electrons. The minimum atomic E-state index is -1.05. The third kappa shape index (κ3) is 3.62. The Hall–Kier alpha value is -2.51. The Labute approximate surface area is 156 Å². The Bertz CT molecular complexity index is 878. The van der Waals surface area contributed by atoms with Crippen molar-refractivity contribution in [2.45, 2.75) is 11.8 Å². The first-order valence-electron chi connectivity index (χ1n) is 7.55. The van der Waals surface area contributed by atoms with Gasteiger partial charge in [0.05, 0.1) is 11.4 Å². The highest BCUT2D eigenvalue weighted by Crippen LogP contribution is 2.24. The molecule has 2 aromatic carbocycles. The molecule has 1 N–H and O–H groups in total. The zero-order valence-corrected chi connectivity index (χ0v) is 15.1. The fourth-order valence-electron chi connectivity index (χ4n) is 2.39. The highest BCUT2D eigenvalue weighted by atomic mass is 32.1. The second-order valence-electron chi connectivity index (χ2n) is 5.55. The maximum atomic E-state index is 12.8.